The van der Waals surface area contributed by atoms with E-state index in [0.717, 1.165) is 13.1 Å². The van der Waals surface area contributed by atoms with Crippen molar-refractivity contribution in [2.45, 2.75) is 24.2 Å². The summed E-state index contributed by atoms with van der Waals surface area (Å²) in [5.41, 5.74) is -0.690. The highest BCUT2D eigenvalue weighted by Crippen LogP contribution is 2.38. The largest absolute Gasteiger partial charge is 0.493 e. The number of halogens is 3. The van der Waals surface area contributed by atoms with Crippen molar-refractivity contribution in [3.05, 3.63) is 57.5 Å². The Kier molecular flexibility index (Phi) is 8.75. The number of piperidine rings is 1. The van der Waals surface area contributed by atoms with Gasteiger partial charge in [-0.1, -0.05) is 34.8 Å². The Balaban J connectivity index is 1.58. The molecule has 2 heterocycles. The van der Waals surface area contributed by atoms with Crippen molar-refractivity contribution in [2.24, 2.45) is 5.41 Å². The zero-order valence-corrected chi connectivity index (χ0v) is 23.2. The van der Waals surface area contributed by atoms with Crippen LogP contribution in [-0.4, -0.2) is 81.4 Å². The van der Waals surface area contributed by atoms with Gasteiger partial charge in [0.2, 0.25) is 15.9 Å². The number of benzene rings is 2. The van der Waals surface area contributed by atoms with Gasteiger partial charge in [-0.25, -0.2) is 8.42 Å². The van der Waals surface area contributed by atoms with Crippen molar-refractivity contribution in [2.75, 3.05) is 52.9 Å². The second-order valence-corrected chi connectivity index (χ2v) is 12.8. The van der Waals surface area contributed by atoms with E-state index in [-0.39, 0.29) is 35.4 Å². The minimum absolute atomic E-state index is 0.00776. The number of nitrogens with zero attached hydrogens (tertiary/aromatic N) is 3. The molecule has 36 heavy (non-hydrogen) atoms. The first kappa shape index (κ1) is 27.5. The van der Waals surface area contributed by atoms with Crippen LogP contribution in [0.5, 0.6) is 5.75 Å². The number of likely N-dealkylation sites (N-methyl/N-ethyl adjacent to an activating group) is 1. The molecule has 196 valence electrons. The number of hydrogen-bond donors (Lipinski definition) is 0. The molecule has 7 nitrogen and oxygen atoms in total. The third kappa shape index (κ3) is 6.47. The first-order valence-electron chi connectivity index (χ1n) is 11.9. The zero-order chi connectivity index (χ0) is 25.9. The van der Waals surface area contributed by atoms with Crippen molar-refractivity contribution in [1.29, 1.82) is 0 Å². The van der Waals surface area contributed by atoms with Crippen molar-refractivity contribution in [3.63, 3.8) is 0 Å². The fraction of sp³-hybridized carbons (Fsp3) is 0.480. The topological polar surface area (TPSA) is 70.2 Å². The summed E-state index contributed by atoms with van der Waals surface area (Å²) in [6.07, 6.45) is 1.47. The van der Waals surface area contributed by atoms with E-state index in [1.165, 1.54) is 22.5 Å². The summed E-state index contributed by atoms with van der Waals surface area (Å²) in [5.74, 6) is 0.637. The Morgan fingerprint density at radius 2 is 1.64 bits per heavy atom. The van der Waals surface area contributed by atoms with E-state index < -0.39 is 15.4 Å². The third-order valence-electron chi connectivity index (χ3n) is 6.88. The van der Waals surface area contributed by atoms with Gasteiger partial charge in [-0.05, 0) is 62.4 Å². The number of piperazine rings is 1. The lowest BCUT2D eigenvalue weighted by atomic mass is 9.78. The van der Waals surface area contributed by atoms with E-state index >= 15 is 0 Å². The van der Waals surface area contributed by atoms with Gasteiger partial charge in [0.1, 0.15) is 10.6 Å². The molecule has 0 saturated carbocycles. The standard InChI is InChI=1S/C25H30Cl3N3O4S/c1-29-11-13-30(14-12-29)24(32)16-25(18-35-21-6-3-19(26)4-7-21)9-2-10-31(17-25)36(33,34)23-8-5-20(27)15-22(23)28/h3-8,15H,2,9-14,16-18H2,1H3/t25-/m1/s1. The van der Waals surface area contributed by atoms with Crippen molar-refractivity contribution in [3.8, 4) is 5.75 Å². The van der Waals surface area contributed by atoms with Gasteiger partial charge in [0.15, 0.2) is 0 Å². The minimum Gasteiger partial charge on any atom is -0.493 e. The molecule has 1 atom stereocenters. The van der Waals surface area contributed by atoms with Gasteiger partial charge in [-0.15, -0.1) is 0 Å². The molecule has 2 aromatic rings. The number of carbonyl (C=O) groups excluding carboxylic acids is 1. The summed E-state index contributed by atoms with van der Waals surface area (Å²) in [7, 11) is -1.86. The summed E-state index contributed by atoms with van der Waals surface area (Å²) in [4.78, 5) is 17.4. The molecule has 2 saturated heterocycles. The van der Waals surface area contributed by atoms with Gasteiger partial charge in [0.05, 0.1) is 11.6 Å². The smallest absolute Gasteiger partial charge is 0.244 e. The average Bonchev–Trinajstić information content (AvgIpc) is 2.84. The number of hydrogen-bond acceptors (Lipinski definition) is 5. The summed E-state index contributed by atoms with van der Waals surface area (Å²) >= 11 is 18.3. The van der Waals surface area contributed by atoms with Gasteiger partial charge >= 0.3 is 0 Å². The van der Waals surface area contributed by atoms with Crippen LogP contribution in [0.4, 0.5) is 0 Å². The van der Waals surface area contributed by atoms with E-state index in [0.29, 0.717) is 48.3 Å². The second kappa shape index (κ2) is 11.5. The van der Waals surface area contributed by atoms with Gasteiger partial charge in [-0.3, -0.25) is 4.79 Å². The monoisotopic (exact) mass is 573 g/mol. The summed E-state index contributed by atoms with van der Waals surface area (Å²) in [5, 5.41) is 1.03. The Morgan fingerprint density at radius 3 is 2.31 bits per heavy atom. The fourth-order valence-electron chi connectivity index (χ4n) is 4.76. The Hall–Kier alpha value is -1.55. The van der Waals surface area contributed by atoms with Crippen LogP contribution < -0.4 is 4.74 Å². The lowest BCUT2D eigenvalue weighted by Crippen LogP contribution is -2.53. The maximum atomic E-state index is 13.6. The molecule has 0 bridgehead atoms. The van der Waals surface area contributed by atoms with Gasteiger partial charge < -0.3 is 14.5 Å². The van der Waals surface area contributed by atoms with E-state index in [2.05, 4.69) is 4.90 Å². The van der Waals surface area contributed by atoms with Crippen LogP contribution in [0.3, 0.4) is 0 Å². The minimum atomic E-state index is -3.90. The molecule has 0 aliphatic carbocycles. The molecule has 0 aromatic heterocycles. The van der Waals surface area contributed by atoms with E-state index in [9.17, 15) is 13.2 Å². The predicted molar refractivity (Wildman–Crippen MR) is 143 cm³/mol. The molecular weight excluding hydrogens is 545 g/mol. The molecule has 2 aromatic carbocycles. The number of ether oxygens (including phenoxy) is 1. The van der Waals surface area contributed by atoms with Crippen LogP contribution in [0.25, 0.3) is 0 Å². The maximum Gasteiger partial charge on any atom is 0.244 e. The lowest BCUT2D eigenvalue weighted by molar-refractivity contribution is -0.136. The number of rotatable bonds is 7. The van der Waals surface area contributed by atoms with Crippen molar-refractivity contribution >= 4 is 50.7 Å². The molecule has 11 heteroatoms. The molecule has 2 fully saturated rings. The van der Waals surface area contributed by atoms with Crippen LogP contribution in [0.2, 0.25) is 15.1 Å². The molecule has 0 unspecified atom stereocenters. The molecule has 0 N–H and O–H groups in total. The van der Waals surface area contributed by atoms with E-state index in [1.807, 2.05) is 11.9 Å². The van der Waals surface area contributed by atoms with Crippen molar-refractivity contribution < 1.29 is 17.9 Å². The zero-order valence-electron chi connectivity index (χ0n) is 20.1. The van der Waals surface area contributed by atoms with Crippen LogP contribution >= 0.6 is 34.8 Å². The Bertz CT molecular complexity index is 1190. The molecule has 0 radical (unpaired) electrons. The first-order valence-corrected chi connectivity index (χ1v) is 14.5. The highest BCUT2D eigenvalue weighted by atomic mass is 35.5. The second-order valence-electron chi connectivity index (χ2n) is 9.62. The summed E-state index contributed by atoms with van der Waals surface area (Å²) in [6.45, 7) is 3.64. The lowest BCUT2D eigenvalue weighted by Gasteiger charge is -2.43. The van der Waals surface area contributed by atoms with E-state index in [4.69, 9.17) is 39.5 Å². The number of carbonyl (C=O) groups is 1. The number of sulfonamides is 1. The van der Waals surface area contributed by atoms with E-state index in [1.54, 1.807) is 24.3 Å². The number of amides is 1. The first-order chi connectivity index (χ1) is 17.1. The van der Waals surface area contributed by atoms with Gasteiger partial charge in [0, 0.05) is 61.1 Å². The van der Waals surface area contributed by atoms with Crippen LogP contribution in [-0.2, 0) is 14.8 Å². The molecular formula is C25H30Cl3N3O4S. The summed E-state index contributed by atoms with van der Waals surface area (Å²) in [6, 6.07) is 11.4. The predicted octanol–water partition coefficient (Wildman–Crippen LogP) is 4.66. The summed E-state index contributed by atoms with van der Waals surface area (Å²) < 4.78 is 34.7. The molecule has 2 aliphatic heterocycles. The quantitative estimate of drug-likeness (QED) is 0.481. The molecule has 2 aliphatic rings. The Morgan fingerprint density at radius 1 is 0.972 bits per heavy atom. The van der Waals surface area contributed by atoms with Crippen molar-refractivity contribution in [1.82, 2.24) is 14.1 Å². The third-order valence-corrected chi connectivity index (χ3v) is 9.69. The van der Waals surface area contributed by atoms with Gasteiger partial charge in [-0.2, -0.15) is 4.31 Å². The highest BCUT2D eigenvalue weighted by molar-refractivity contribution is 7.89. The normalized spacial score (nSPS) is 21.9. The fourth-order valence-corrected chi connectivity index (χ4v) is 7.22. The molecule has 1 amide bonds. The van der Waals surface area contributed by atoms with Gasteiger partial charge in [0.25, 0.3) is 0 Å². The molecule has 0 spiro atoms. The maximum absolute atomic E-state index is 13.6. The van der Waals surface area contributed by atoms with Crippen LogP contribution in [0.1, 0.15) is 19.3 Å². The van der Waals surface area contributed by atoms with Crippen LogP contribution in [0.15, 0.2) is 47.4 Å². The highest BCUT2D eigenvalue weighted by Gasteiger charge is 2.43. The van der Waals surface area contributed by atoms with Crippen LogP contribution in [0, 0.1) is 5.41 Å². The SMILES string of the molecule is CN1CCN(C(=O)C[C@]2(COc3ccc(Cl)cc3)CCCN(S(=O)(=O)c3ccc(Cl)cc3Cl)C2)CC1. The Labute approximate surface area is 227 Å². The molecule has 4 rings (SSSR count). The average molecular weight is 575 g/mol.